The van der Waals surface area contributed by atoms with Crippen molar-refractivity contribution in [1.82, 2.24) is 9.55 Å². The molecule has 0 saturated heterocycles. The second kappa shape index (κ2) is 6.15. The van der Waals surface area contributed by atoms with Crippen molar-refractivity contribution in [2.24, 2.45) is 5.73 Å². The number of aromatic nitrogens is 2. The Morgan fingerprint density at radius 3 is 2.68 bits per heavy atom. The summed E-state index contributed by atoms with van der Waals surface area (Å²) in [6.45, 7) is 3.10. The minimum absolute atomic E-state index is 0.0934. The van der Waals surface area contributed by atoms with Crippen LogP contribution >= 0.6 is 0 Å². The molecule has 2 aromatic rings. The van der Waals surface area contributed by atoms with Crippen LogP contribution in [-0.4, -0.2) is 16.1 Å². The molecule has 0 aliphatic rings. The first-order valence-electron chi connectivity index (χ1n) is 6.27. The Bertz CT molecular complexity index is 590. The topological polar surface area (TPSA) is 70.1 Å². The summed E-state index contributed by atoms with van der Waals surface area (Å²) in [5, 5.41) is 0. The van der Waals surface area contributed by atoms with E-state index in [9.17, 15) is 4.79 Å². The summed E-state index contributed by atoms with van der Waals surface area (Å²) in [7, 11) is 0. The monoisotopic (exact) mass is 259 g/mol. The Morgan fingerprint density at radius 2 is 2.05 bits per heavy atom. The molecule has 1 aromatic carbocycles. The van der Waals surface area contributed by atoms with E-state index >= 15 is 0 Å². The van der Waals surface area contributed by atoms with Crippen LogP contribution in [0, 0.1) is 0 Å². The number of benzene rings is 1. The van der Waals surface area contributed by atoms with Crippen molar-refractivity contribution in [3.05, 3.63) is 52.6 Å². The van der Waals surface area contributed by atoms with Gasteiger partial charge in [0.1, 0.15) is 5.75 Å². The highest BCUT2D eigenvalue weighted by Crippen LogP contribution is 2.17. The van der Waals surface area contributed by atoms with Gasteiger partial charge in [-0.25, -0.2) is 4.98 Å². The molecule has 0 aliphatic heterocycles. The summed E-state index contributed by atoms with van der Waals surface area (Å²) < 4.78 is 7.06. The fourth-order valence-electron chi connectivity index (χ4n) is 1.75. The van der Waals surface area contributed by atoms with E-state index in [1.54, 1.807) is 17.0 Å². The molecule has 0 saturated carbocycles. The molecular formula is C14H17N3O2. The van der Waals surface area contributed by atoms with E-state index in [1.807, 2.05) is 31.2 Å². The van der Waals surface area contributed by atoms with Crippen molar-refractivity contribution < 1.29 is 4.74 Å². The molecule has 1 heterocycles. The van der Waals surface area contributed by atoms with Crippen LogP contribution in [0.4, 0.5) is 0 Å². The van der Waals surface area contributed by atoms with Crippen molar-refractivity contribution in [2.45, 2.75) is 19.9 Å². The second-order valence-electron chi connectivity index (χ2n) is 4.11. The smallest absolute Gasteiger partial charge is 0.313 e. The fourth-order valence-corrected chi connectivity index (χ4v) is 1.75. The summed E-state index contributed by atoms with van der Waals surface area (Å²) >= 11 is 0. The SMILES string of the molecule is CCn1ccnc(Oc2ccc(CCN)cc2)c1=O. The lowest BCUT2D eigenvalue weighted by molar-refractivity contribution is 0.445. The molecule has 0 bridgehead atoms. The van der Waals surface area contributed by atoms with Gasteiger partial charge in [-0.3, -0.25) is 4.79 Å². The predicted octanol–water partition coefficient (Wildman–Crippen LogP) is 1.56. The van der Waals surface area contributed by atoms with Crippen molar-refractivity contribution in [1.29, 1.82) is 0 Å². The molecule has 1 aromatic heterocycles. The van der Waals surface area contributed by atoms with Gasteiger partial charge in [0.2, 0.25) is 0 Å². The normalized spacial score (nSPS) is 10.4. The first-order chi connectivity index (χ1) is 9.24. The Labute approximate surface area is 111 Å². The molecule has 0 atom stereocenters. The average Bonchev–Trinajstić information content (AvgIpc) is 2.43. The lowest BCUT2D eigenvalue weighted by Crippen LogP contribution is -2.20. The van der Waals surface area contributed by atoms with E-state index in [-0.39, 0.29) is 11.4 Å². The van der Waals surface area contributed by atoms with Gasteiger partial charge in [0, 0.05) is 18.9 Å². The highest BCUT2D eigenvalue weighted by Gasteiger charge is 2.06. The highest BCUT2D eigenvalue weighted by molar-refractivity contribution is 5.30. The first-order valence-corrected chi connectivity index (χ1v) is 6.27. The van der Waals surface area contributed by atoms with E-state index in [2.05, 4.69) is 4.98 Å². The maximum absolute atomic E-state index is 11.9. The molecule has 0 radical (unpaired) electrons. The molecule has 0 fully saturated rings. The minimum Gasteiger partial charge on any atom is -0.435 e. The third kappa shape index (κ3) is 3.20. The van der Waals surface area contributed by atoms with Crippen molar-refractivity contribution in [3.63, 3.8) is 0 Å². The number of aryl methyl sites for hydroxylation is 1. The minimum atomic E-state index is -0.226. The van der Waals surface area contributed by atoms with Gasteiger partial charge in [-0.2, -0.15) is 0 Å². The van der Waals surface area contributed by atoms with E-state index < -0.39 is 0 Å². The number of ether oxygens (including phenoxy) is 1. The maximum atomic E-state index is 11.9. The quantitative estimate of drug-likeness (QED) is 0.884. The molecule has 2 N–H and O–H groups in total. The molecular weight excluding hydrogens is 242 g/mol. The molecule has 0 unspecified atom stereocenters. The van der Waals surface area contributed by atoms with Gasteiger partial charge in [-0.05, 0) is 37.6 Å². The fraction of sp³-hybridized carbons (Fsp3) is 0.286. The van der Waals surface area contributed by atoms with Gasteiger partial charge >= 0.3 is 5.56 Å². The molecule has 0 spiro atoms. The molecule has 5 nitrogen and oxygen atoms in total. The van der Waals surface area contributed by atoms with E-state index in [0.717, 1.165) is 12.0 Å². The Kier molecular flexibility index (Phi) is 4.30. The third-order valence-electron chi connectivity index (χ3n) is 2.79. The van der Waals surface area contributed by atoms with Crippen molar-refractivity contribution in [2.75, 3.05) is 6.54 Å². The zero-order valence-corrected chi connectivity index (χ0v) is 10.9. The zero-order chi connectivity index (χ0) is 13.7. The van der Waals surface area contributed by atoms with Crippen molar-refractivity contribution >= 4 is 0 Å². The largest absolute Gasteiger partial charge is 0.435 e. The third-order valence-corrected chi connectivity index (χ3v) is 2.79. The molecule has 2 rings (SSSR count). The van der Waals surface area contributed by atoms with Gasteiger partial charge in [0.25, 0.3) is 5.88 Å². The van der Waals surface area contributed by atoms with Gasteiger partial charge < -0.3 is 15.0 Å². The lowest BCUT2D eigenvalue weighted by atomic mass is 10.1. The summed E-state index contributed by atoms with van der Waals surface area (Å²) in [6, 6.07) is 7.50. The number of nitrogens with two attached hydrogens (primary N) is 1. The summed E-state index contributed by atoms with van der Waals surface area (Å²) in [5.74, 6) is 0.690. The van der Waals surface area contributed by atoms with Crippen molar-refractivity contribution in [3.8, 4) is 11.6 Å². The van der Waals surface area contributed by atoms with Crippen LogP contribution in [0.1, 0.15) is 12.5 Å². The van der Waals surface area contributed by atoms with Crippen LogP contribution in [-0.2, 0) is 13.0 Å². The molecule has 0 amide bonds. The number of hydrogen-bond acceptors (Lipinski definition) is 4. The summed E-state index contributed by atoms with van der Waals surface area (Å²) in [6.07, 6.45) is 4.02. The number of nitrogens with zero attached hydrogens (tertiary/aromatic N) is 2. The van der Waals surface area contributed by atoms with E-state index in [1.165, 1.54) is 0 Å². The van der Waals surface area contributed by atoms with Gasteiger partial charge in [-0.1, -0.05) is 12.1 Å². The predicted molar refractivity (Wildman–Crippen MR) is 73.4 cm³/mol. The average molecular weight is 259 g/mol. The Balaban J connectivity index is 2.19. The summed E-state index contributed by atoms with van der Waals surface area (Å²) in [5.41, 5.74) is 6.40. The van der Waals surface area contributed by atoms with Crippen LogP contribution in [0.2, 0.25) is 0 Å². The van der Waals surface area contributed by atoms with Crippen LogP contribution in [0.5, 0.6) is 11.6 Å². The van der Waals surface area contributed by atoms with E-state index in [0.29, 0.717) is 18.8 Å². The zero-order valence-electron chi connectivity index (χ0n) is 10.9. The maximum Gasteiger partial charge on any atom is 0.313 e. The molecule has 0 aliphatic carbocycles. The second-order valence-corrected chi connectivity index (χ2v) is 4.11. The Morgan fingerprint density at radius 1 is 1.32 bits per heavy atom. The van der Waals surface area contributed by atoms with Gasteiger partial charge in [0.05, 0.1) is 0 Å². The van der Waals surface area contributed by atoms with Crippen LogP contribution < -0.4 is 16.0 Å². The summed E-state index contributed by atoms with van der Waals surface area (Å²) in [4.78, 5) is 15.9. The van der Waals surface area contributed by atoms with Crippen LogP contribution in [0.15, 0.2) is 41.5 Å². The first kappa shape index (κ1) is 13.3. The molecule has 19 heavy (non-hydrogen) atoms. The van der Waals surface area contributed by atoms with Gasteiger partial charge in [-0.15, -0.1) is 0 Å². The van der Waals surface area contributed by atoms with Gasteiger partial charge in [0.15, 0.2) is 0 Å². The lowest BCUT2D eigenvalue weighted by Gasteiger charge is -2.07. The van der Waals surface area contributed by atoms with Crippen LogP contribution in [0.3, 0.4) is 0 Å². The van der Waals surface area contributed by atoms with Crippen LogP contribution in [0.25, 0.3) is 0 Å². The van der Waals surface area contributed by atoms with E-state index in [4.69, 9.17) is 10.5 Å². The standard InChI is InChI=1S/C14H17N3O2/c1-2-17-10-9-16-13(14(17)18)19-12-5-3-11(4-6-12)7-8-15/h3-6,9-10H,2,7-8,15H2,1H3. The number of hydrogen-bond donors (Lipinski definition) is 1. The molecule has 100 valence electrons. The molecule has 5 heteroatoms. The highest BCUT2D eigenvalue weighted by atomic mass is 16.5. The number of rotatable bonds is 5. The Hall–Kier alpha value is -2.14.